The molecule has 5 atom stereocenters. The molecule has 0 unspecified atom stereocenters. The number of nitrogens with zero attached hydrogens (tertiary/aromatic N) is 2. The highest BCUT2D eigenvalue weighted by Crippen LogP contribution is 2.45. The Morgan fingerprint density at radius 3 is 2.58 bits per heavy atom. The minimum absolute atomic E-state index is 0.00907. The maximum atomic E-state index is 14.5. The van der Waals surface area contributed by atoms with Gasteiger partial charge in [-0.15, -0.1) is 0 Å². The molecule has 1 saturated heterocycles. The van der Waals surface area contributed by atoms with Crippen LogP contribution in [0.4, 0.5) is 14.0 Å². The van der Waals surface area contributed by atoms with E-state index in [2.05, 4.69) is 16.0 Å². The van der Waals surface area contributed by atoms with Crippen molar-refractivity contribution >= 4 is 35.9 Å². The molecular formula is C40H48FN5O9. The summed E-state index contributed by atoms with van der Waals surface area (Å²) in [5.74, 6) is -3.53. The molecule has 14 nitrogen and oxygen atoms in total. The molecule has 1 aliphatic carbocycles. The van der Waals surface area contributed by atoms with E-state index < -0.39 is 71.0 Å². The van der Waals surface area contributed by atoms with E-state index in [1.165, 1.54) is 28.0 Å². The number of carboxylic acids is 1. The van der Waals surface area contributed by atoms with E-state index in [0.717, 1.165) is 12.8 Å². The number of alkyl carbamates (subject to hydrolysis) is 1. The van der Waals surface area contributed by atoms with Crippen molar-refractivity contribution in [2.24, 2.45) is 5.92 Å². The molecule has 3 aliphatic heterocycles. The lowest BCUT2D eigenvalue weighted by atomic mass is 10.0. The monoisotopic (exact) mass is 761 g/mol. The van der Waals surface area contributed by atoms with Gasteiger partial charge in [0.1, 0.15) is 35.1 Å². The number of allylic oxidation sites excluding steroid dienone is 1. The Labute approximate surface area is 318 Å². The number of aromatic carboxylic acids is 1. The predicted octanol–water partition coefficient (Wildman–Crippen LogP) is 4.55. The van der Waals surface area contributed by atoms with Gasteiger partial charge in [-0.25, -0.2) is 18.8 Å². The Bertz CT molecular complexity index is 1880. The molecule has 4 N–H and O–H groups in total. The Morgan fingerprint density at radius 2 is 1.84 bits per heavy atom. The van der Waals surface area contributed by atoms with Crippen molar-refractivity contribution in [3.8, 4) is 0 Å². The van der Waals surface area contributed by atoms with Gasteiger partial charge in [0.05, 0.1) is 18.7 Å². The molecular weight excluding hydrogens is 713 g/mol. The van der Waals surface area contributed by atoms with Gasteiger partial charge in [0.2, 0.25) is 17.7 Å². The van der Waals surface area contributed by atoms with Crippen LogP contribution < -0.4 is 16.0 Å². The van der Waals surface area contributed by atoms with Gasteiger partial charge < -0.3 is 35.4 Å². The normalized spacial score (nSPS) is 25.3. The highest BCUT2D eigenvalue weighted by atomic mass is 19.1. The van der Waals surface area contributed by atoms with Crippen molar-refractivity contribution in [3.63, 3.8) is 0 Å². The van der Waals surface area contributed by atoms with Crippen LogP contribution in [0.5, 0.6) is 0 Å². The Balaban J connectivity index is 1.24. The number of ether oxygens (including phenoxy) is 2. The number of fused-ring (bicyclic) bond motifs is 3. The van der Waals surface area contributed by atoms with Crippen LogP contribution in [0, 0.1) is 11.7 Å². The fourth-order valence-electron chi connectivity index (χ4n) is 7.50. The molecule has 5 amide bonds. The molecule has 6 rings (SSSR count). The van der Waals surface area contributed by atoms with Gasteiger partial charge in [0, 0.05) is 31.0 Å². The third-order valence-electron chi connectivity index (χ3n) is 10.4. The molecule has 0 bridgehead atoms. The van der Waals surface area contributed by atoms with Crippen molar-refractivity contribution in [2.75, 3.05) is 6.54 Å². The molecule has 1 saturated carbocycles. The highest BCUT2D eigenvalue weighted by Gasteiger charge is 2.61. The van der Waals surface area contributed by atoms with Gasteiger partial charge in [-0.1, -0.05) is 49.3 Å². The van der Waals surface area contributed by atoms with E-state index in [9.17, 15) is 38.3 Å². The minimum Gasteiger partial charge on any atom is -0.478 e. The Hall–Kier alpha value is -5.47. The molecule has 2 aromatic carbocycles. The zero-order chi connectivity index (χ0) is 39.5. The number of rotatable bonds is 6. The van der Waals surface area contributed by atoms with Gasteiger partial charge in [-0.3, -0.25) is 19.3 Å². The van der Waals surface area contributed by atoms with Crippen LogP contribution in [-0.2, 0) is 43.5 Å². The van der Waals surface area contributed by atoms with Crippen molar-refractivity contribution in [1.82, 2.24) is 25.8 Å². The molecule has 0 aromatic heterocycles. The van der Waals surface area contributed by atoms with E-state index in [0.29, 0.717) is 36.0 Å². The quantitative estimate of drug-likeness (QED) is 0.307. The number of benzene rings is 2. The van der Waals surface area contributed by atoms with Gasteiger partial charge in [0.25, 0.3) is 0 Å². The number of carbonyl (C=O) groups is 6. The van der Waals surface area contributed by atoms with Crippen LogP contribution in [0.3, 0.4) is 0 Å². The summed E-state index contributed by atoms with van der Waals surface area (Å²) in [6, 6.07) is 8.58. The van der Waals surface area contributed by atoms with Crippen molar-refractivity contribution in [2.45, 2.75) is 115 Å². The molecule has 15 heteroatoms. The second-order valence-electron chi connectivity index (χ2n) is 15.7. The molecule has 2 aromatic rings. The molecule has 0 spiro atoms. The first-order chi connectivity index (χ1) is 26.1. The largest absolute Gasteiger partial charge is 0.478 e. The first-order valence-electron chi connectivity index (χ1n) is 18.7. The third-order valence-corrected chi connectivity index (χ3v) is 10.4. The summed E-state index contributed by atoms with van der Waals surface area (Å²) >= 11 is 0. The van der Waals surface area contributed by atoms with Crippen LogP contribution >= 0.6 is 0 Å². The number of amides is 5. The van der Waals surface area contributed by atoms with Crippen LogP contribution in [-0.4, -0.2) is 86.7 Å². The maximum Gasteiger partial charge on any atom is 0.410 e. The Morgan fingerprint density at radius 1 is 1.05 bits per heavy atom. The minimum atomic E-state index is -1.35. The number of hydrogen-bond donors (Lipinski definition) is 4. The number of nitrogens with one attached hydrogen (secondary N) is 3. The van der Waals surface area contributed by atoms with Crippen LogP contribution in [0.15, 0.2) is 54.6 Å². The summed E-state index contributed by atoms with van der Waals surface area (Å²) in [5.41, 5.74) is -0.488. The average Bonchev–Trinajstić information content (AvgIpc) is 3.42. The molecule has 294 valence electrons. The third kappa shape index (κ3) is 9.26. The van der Waals surface area contributed by atoms with E-state index in [4.69, 9.17) is 9.47 Å². The topological polar surface area (TPSA) is 184 Å². The average molecular weight is 762 g/mol. The maximum absolute atomic E-state index is 14.5. The number of halogens is 1. The standard InChI is InChI=1S/C40H48FN5O9/c1-39(2,3)55-37(52)43-31-16-8-6-4-5-7-14-27-19-40(27,36(51)42-20-24-11-9-12-25(17-24)35(49)50)44-33(47)32-18-28(22-46(32)34(31)48)54-38(53)45-21-26-13-10-15-30(41)29(26)23-45/h7,9-15,17,27-28,31-32H,4-6,8,16,18-23H2,1-3H3,(H,42,51)(H,43,52)(H,44,47)(H,49,50)/t27-,28-,31+,32+,40-/m1/s1. The fraction of sp³-hybridized carbons (Fsp3) is 0.500. The first-order valence-corrected chi connectivity index (χ1v) is 18.7. The van der Waals surface area contributed by atoms with E-state index in [1.54, 1.807) is 45.0 Å². The van der Waals surface area contributed by atoms with Gasteiger partial charge in [-0.2, -0.15) is 0 Å². The summed E-state index contributed by atoms with van der Waals surface area (Å²) in [7, 11) is 0. The zero-order valence-electron chi connectivity index (χ0n) is 31.3. The van der Waals surface area contributed by atoms with E-state index in [1.807, 2.05) is 12.2 Å². The predicted molar refractivity (Wildman–Crippen MR) is 196 cm³/mol. The van der Waals surface area contributed by atoms with Gasteiger partial charge in [-0.05, 0) is 75.8 Å². The molecule has 55 heavy (non-hydrogen) atoms. The highest BCUT2D eigenvalue weighted by molar-refractivity contribution is 5.98. The van der Waals surface area contributed by atoms with Crippen molar-refractivity contribution in [3.05, 3.63) is 82.7 Å². The van der Waals surface area contributed by atoms with E-state index in [-0.39, 0.29) is 50.5 Å². The van der Waals surface area contributed by atoms with Crippen LogP contribution in [0.1, 0.15) is 92.8 Å². The summed E-state index contributed by atoms with van der Waals surface area (Å²) in [6.07, 6.45) is 4.76. The van der Waals surface area contributed by atoms with Crippen LogP contribution in [0.2, 0.25) is 0 Å². The van der Waals surface area contributed by atoms with Gasteiger partial charge in [0.15, 0.2) is 0 Å². The summed E-state index contributed by atoms with van der Waals surface area (Å²) in [6.45, 7) is 5.12. The molecule has 3 heterocycles. The number of carboxylic acid groups (broad SMARTS) is 1. The number of carbonyl (C=O) groups excluding carboxylic acids is 5. The first kappa shape index (κ1) is 39.2. The van der Waals surface area contributed by atoms with Gasteiger partial charge >= 0.3 is 18.2 Å². The molecule has 0 radical (unpaired) electrons. The number of hydrogen-bond acceptors (Lipinski definition) is 8. The Kier molecular flexibility index (Phi) is 11.5. The second kappa shape index (κ2) is 16.1. The smallest absolute Gasteiger partial charge is 0.410 e. The summed E-state index contributed by atoms with van der Waals surface area (Å²) in [5, 5.41) is 17.9. The lowest BCUT2D eigenvalue weighted by Crippen LogP contribution is -2.57. The SMILES string of the molecule is CC(C)(C)OC(=O)N[C@H]1CCCCCC=C[C@@H]2C[C@@]2(C(=O)NCc2cccc(C(=O)O)c2)NC(=O)[C@@H]2C[C@@H](OC(=O)N3Cc4cccc(F)c4C3)CN2C1=O. The molecule has 4 aliphatic rings. The summed E-state index contributed by atoms with van der Waals surface area (Å²) < 4.78 is 25.8. The fourth-order valence-corrected chi connectivity index (χ4v) is 7.50. The lowest BCUT2D eigenvalue weighted by Gasteiger charge is -2.30. The second-order valence-corrected chi connectivity index (χ2v) is 15.7. The molecule has 2 fully saturated rings. The summed E-state index contributed by atoms with van der Waals surface area (Å²) in [4.78, 5) is 83.1. The zero-order valence-corrected chi connectivity index (χ0v) is 31.3. The lowest BCUT2D eigenvalue weighted by molar-refractivity contribution is -0.141. The van der Waals surface area contributed by atoms with Crippen LogP contribution in [0.25, 0.3) is 0 Å². The van der Waals surface area contributed by atoms with E-state index >= 15 is 0 Å². The van der Waals surface area contributed by atoms with Crippen molar-refractivity contribution < 1.29 is 47.7 Å². The van der Waals surface area contributed by atoms with Crippen molar-refractivity contribution in [1.29, 1.82) is 0 Å².